The molecule has 3 aliphatic heterocycles. The van der Waals surface area contributed by atoms with Crippen molar-refractivity contribution in [3.05, 3.63) is 78.0 Å². The summed E-state index contributed by atoms with van der Waals surface area (Å²) in [5.74, 6) is -0.149. The number of carbonyl (C=O) groups is 1. The number of nitrogens with one attached hydrogen (secondary N) is 1. The fourth-order valence-corrected chi connectivity index (χ4v) is 8.03. The Morgan fingerprint density at radius 3 is 2.58 bits per heavy atom. The number of methoxy groups -OCH3 is 1. The Labute approximate surface area is 313 Å². The predicted molar refractivity (Wildman–Crippen MR) is 199 cm³/mol. The maximum atomic E-state index is 15.2. The molecule has 0 radical (unpaired) electrons. The van der Waals surface area contributed by atoms with Crippen LogP contribution in [0.5, 0.6) is 0 Å². The van der Waals surface area contributed by atoms with E-state index in [-0.39, 0.29) is 42.4 Å². The quantitative estimate of drug-likeness (QED) is 0.265. The lowest BCUT2D eigenvalue weighted by Crippen LogP contribution is -2.50. The lowest BCUT2D eigenvalue weighted by molar-refractivity contribution is -0.132. The Morgan fingerprint density at radius 2 is 1.80 bits per heavy atom. The van der Waals surface area contributed by atoms with Gasteiger partial charge in [-0.1, -0.05) is 6.07 Å². The number of pyridine rings is 1. The van der Waals surface area contributed by atoms with Crippen molar-refractivity contribution in [2.24, 2.45) is 5.92 Å². The van der Waals surface area contributed by atoms with E-state index in [1.54, 1.807) is 19.1 Å². The maximum Gasteiger partial charge on any atom is 0.245 e. The molecule has 17 heteroatoms. The van der Waals surface area contributed by atoms with Crippen LogP contribution in [-0.4, -0.2) is 115 Å². The second-order valence-corrected chi connectivity index (χ2v) is 14.5. The van der Waals surface area contributed by atoms with E-state index < -0.39 is 29.6 Å². The normalized spacial score (nSPS) is 20.5. The Hall–Kier alpha value is -5.81. The van der Waals surface area contributed by atoms with Crippen molar-refractivity contribution in [3.63, 3.8) is 0 Å². The summed E-state index contributed by atoms with van der Waals surface area (Å²) in [6.07, 6.45) is 1.44. The van der Waals surface area contributed by atoms with Gasteiger partial charge in [0.05, 0.1) is 41.0 Å². The number of rotatable bonds is 5. The van der Waals surface area contributed by atoms with Gasteiger partial charge < -0.3 is 34.4 Å². The summed E-state index contributed by atoms with van der Waals surface area (Å²) >= 11 is 0. The number of aliphatic hydroxyl groups is 1. The van der Waals surface area contributed by atoms with Crippen LogP contribution in [0, 0.1) is 30.3 Å². The molecule has 2 saturated heterocycles. The Morgan fingerprint density at radius 1 is 0.964 bits per heavy atom. The van der Waals surface area contributed by atoms with Gasteiger partial charge in [0.25, 0.3) is 0 Å². The van der Waals surface area contributed by atoms with Crippen molar-refractivity contribution in [2.75, 3.05) is 62.1 Å². The first-order valence-corrected chi connectivity index (χ1v) is 18.1. The second-order valence-electron chi connectivity index (χ2n) is 14.5. The van der Waals surface area contributed by atoms with Crippen LogP contribution in [0.4, 0.5) is 30.8 Å². The topological polar surface area (TPSA) is 143 Å². The molecule has 2 N–H and O–H groups in total. The molecule has 0 saturated carbocycles. The van der Waals surface area contributed by atoms with Crippen molar-refractivity contribution in [1.82, 2.24) is 39.2 Å². The van der Waals surface area contributed by atoms with Gasteiger partial charge in [-0.05, 0) is 43.7 Å². The number of carbonyl (C=O) groups excluding carboxylic acids is 1. The van der Waals surface area contributed by atoms with Gasteiger partial charge in [-0.25, -0.2) is 27.8 Å². The number of likely N-dealkylation sites (N-methyl/N-ethyl adjacent to an activating group) is 1. The van der Waals surface area contributed by atoms with E-state index in [9.17, 15) is 14.3 Å². The fraction of sp³-hybridized carbons (Fsp3) is 0.368. The number of anilines is 3. The molecule has 7 heterocycles. The van der Waals surface area contributed by atoms with Crippen LogP contribution >= 0.6 is 0 Å². The number of aromatic nitrogens is 7. The van der Waals surface area contributed by atoms with Crippen molar-refractivity contribution < 1.29 is 27.8 Å². The van der Waals surface area contributed by atoms with Gasteiger partial charge in [-0.15, -0.1) is 0 Å². The summed E-state index contributed by atoms with van der Waals surface area (Å²) in [4.78, 5) is 39.5. The van der Waals surface area contributed by atoms with Crippen LogP contribution in [0.2, 0.25) is 0 Å². The number of aliphatic hydroxyl groups excluding tert-OH is 1. The number of nitrogens with zero attached hydrogens (tertiary/aromatic N) is 10. The molecule has 14 nitrogen and oxygen atoms in total. The van der Waals surface area contributed by atoms with Crippen molar-refractivity contribution in [1.29, 1.82) is 0 Å². The molecule has 2 fully saturated rings. The highest BCUT2D eigenvalue weighted by Gasteiger charge is 2.42. The highest BCUT2D eigenvalue weighted by atomic mass is 19.1. The van der Waals surface area contributed by atoms with Gasteiger partial charge in [0.15, 0.2) is 11.5 Å². The molecule has 4 aromatic heterocycles. The zero-order valence-electron chi connectivity index (χ0n) is 30.3. The fourth-order valence-electron chi connectivity index (χ4n) is 8.03. The summed E-state index contributed by atoms with van der Waals surface area (Å²) in [5, 5.41) is 18.2. The standard InChI is InChI=1S/C38H38F3N11O3/c1-20-43-30-11-23(40)9-26-29-5-4-6-33(45-29)44-24-12-32(37(54)48(2)17-25(55-3)18-50(20)34(26)30)51(16-24)35-27-13-42-52(31-8-7-22(39)10-28(31)41)36(27)47-38(46-35)49-14-21(15-49)19-53/h4-11,13,21,24-25,32,53H,12,14-19H2,1-3H3,(H,44,45)/t24-,25-,32-/m0/s1. The summed E-state index contributed by atoms with van der Waals surface area (Å²) in [6.45, 7) is 3.77. The van der Waals surface area contributed by atoms with E-state index in [0.29, 0.717) is 78.2 Å². The predicted octanol–water partition coefficient (Wildman–Crippen LogP) is 3.93. The Kier molecular flexibility index (Phi) is 8.57. The molecule has 55 heavy (non-hydrogen) atoms. The van der Waals surface area contributed by atoms with Gasteiger partial charge in [0, 0.05) is 76.6 Å². The van der Waals surface area contributed by atoms with Gasteiger partial charge in [0.2, 0.25) is 11.9 Å². The first-order valence-electron chi connectivity index (χ1n) is 18.1. The third-order valence-corrected chi connectivity index (χ3v) is 10.8. The number of hydrogen-bond donors (Lipinski definition) is 2. The van der Waals surface area contributed by atoms with Crippen molar-refractivity contribution in [3.8, 4) is 16.9 Å². The molecule has 3 atom stereocenters. The summed E-state index contributed by atoms with van der Waals surface area (Å²) in [5.41, 5.74) is 2.63. The van der Waals surface area contributed by atoms with Crippen LogP contribution in [0.25, 0.3) is 39.0 Å². The monoisotopic (exact) mass is 753 g/mol. The molecule has 9 rings (SSSR count). The first-order chi connectivity index (χ1) is 26.6. The smallest absolute Gasteiger partial charge is 0.245 e. The Bertz CT molecular complexity index is 2470. The van der Waals surface area contributed by atoms with Gasteiger partial charge in [-0.3, -0.25) is 4.79 Å². The highest BCUT2D eigenvalue weighted by molar-refractivity contribution is 5.94. The molecule has 0 spiro atoms. The zero-order chi connectivity index (χ0) is 38.1. The molecule has 284 valence electrons. The SMILES string of the molecule is CO[C@H]1CN(C)C(=O)[C@@H]2C[C@@H](CN2c2nc(N3CC(CO)C3)nc3c2cnn3-c2ccc(F)cc2F)Nc2cccc(n2)-c2cc(F)cc3nc(C)n(c23)C1. The number of aryl methyl sites for hydroxylation is 1. The number of ether oxygens (including phenoxy) is 1. The first kappa shape index (κ1) is 34.9. The highest BCUT2D eigenvalue weighted by Crippen LogP contribution is 2.37. The third kappa shape index (κ3) is 6.07. The minimum Gasteiger partial charge on any atom is -0.396 e. The van der Waals surface area contributed by atoms with E-state index in [1.165, 1.54) is 29.1 Å². The van der Waals surface area contributed by atoms with Crippen LogP contribution in [0.3, 0.4) is 0 Å². The van der Waals surface area contributed by atoms with Gasteiger partial charge in [-0.2, -0.15) is 15.1 Å². The maximum absolute atomic E-state index is 15.2. The number of hydrogen-bond acceptors (Lipinski definition) is 11. The lowest BCUT2D eigenvalue weighted by atomic mass is 10.0. The van der Waals surface area contributed by atoms with E-state index in [1.807, 2.05) is 39.5 Å². The molecular formula is C38H38F3N11O3. The summed E-state index contributed by atoms with van der Waals surface area (Å²) in [6, 6.07) is 10.6. The van der Waals surface area contributed by atoms with Crippen molar-refractivity contribution in [2.45, 2.75) is 38.1 Å². The number of halogens is 3. The molecule has 2 aromatic carbocycles. The second kappa shape index (κ2) is 13.5. The van der Waals surface area contributed by atoms with E-state index >= 15 is 8.78 Å². The summed E-state index contributed by atoms with van der Waals surface area (Å²) < 4.78 is 53.4. The van der Waals surface area contributed by atoms with Gasteiger partial charge >= 0.3 is 0 Å². The van der Waals surface area contributed by atoms with E-state index in [4.69, 9.17) is 19.7 Å². The lowest BCUT2D eigenvalue weighted by Gasteiger charge is -2.38. The van der Waals surface area contributed by atoms with Crippen LogP contribution in [-0.2, 0) is 16.1 Å². The van der Waals surface area contributed by atoms with Gasteiger partial charge in [0.1, 0.15) is 40.8 Å². The minimum atomic E-state index is -0.816. The van der Waals surface area contributed by atoms with E-state index in [2.05, 4.69) is 15.4 Å². The number of benzene rings is 2. The number of imidazole rings is 1. The molecule has 4 bridgehead atoms. The molecule has 0 unspecified atom stereocenters. The average molecular weight is 754 g/mol. The largest absolute Gasteiger partial charge is 0.396 e. The average Bonchev–Trinajstić information content (AvgIpc) is 3.84. The molecule has 3 aliphatic rings. The van der Waals surface area contributed by atoms with Crippen LogP contribution in [0.1, 0.15) is 12.2 Å². The van der Waals surface area contributed by atoms with E-state index in [0.717, 1.165) is 17.6 Å². The van der Waals surface area contributed by atoms with Crippen LogP contribution in [0.15, 0.2) is 54.7 Å². The third-order valence-electron chi connectivity index (χ3n) is 10.8. The Balaban J connectivity index is 1.17. The molecule has 0 aliphatic carbocycles. The zero-order valence-corrected chi connectivity index (χ0v) is 30.3. The minimum absolute atomic E-state index is 0.00188. The number of amides is 1. The summed E-state index contributed by atoms with van der Waals surface area (Å²) in [7, 11) is 3.33. The van der Waals surface area contributed by atoms with Crippen molar-refractivity contribution >= 4 is 45.6 Å². The molecule has 6 aromatic rings. The number of fused-ring (bicyclic) bond motifs is 6. The molecular weight excluding hydrogens is 715 g/mol. The molecule has 1 amide bonds. The van der Waals surface area contributed by atoms with Crippen LogP contribution < -0.4 is 15.1 Å².